The van der Waals surface area contributed by atoms with Gasteiger partial charge in [-0.25, -0.2) is 0 Å². The molecule has 2 rings (SSSR count). The van der Waals surface area contributed by atoms with E-state index >= 15 is 0 Å². The zero-order valence-electron chi connectivity index (χ0n) is 9.16. The fourth-order valence-corrected chi connectivity index (χ4v) is 2.28. The average molecular weight is 195 g/mol. The zero-order valence-corrected chi connectivity index (χ0v) is 9.16. The van der Waals surface area contributed by atoms with Crippen molar-refractivity contribution in [3.63, 3.8) is 0 Å². The predicted molar refractivity (Wildman–Crippen MR) is 52.5 cm³/mol. The monoisotopic (exact) mass is 195 g/mol. The van der Waals surface area contributed by atoms with Crippen LogP contribution < -0.4 is 5.73 Å². The molecule has 0 unspecified atom stereocenters. The third kappa shape index (κ3) is 1.03. The highest BCUT2D eigenvalue weighted by atomic mass is 16.4. The van der Waals surface area contributed by atoms with Gasteiger partial charge in [0.15, 0.2) is 0 Å². The fraction of sp³-hybridized carbons (Fsp3) is 0.800. The van der Waals surface area contributed by atoms with Crippen molar-refractivity contribution in [3.05, 3.63) is 11.8 Å². The van der Waals surface area contributed by atoms with Crippen molar-refractivity contribution in [1.82, 2.24) is 10.2 Å². The smallest absolute Gasteiger partial charge is 0.230 e. The molecule has 1 fully saturated rings. The summed E-state index contributed by atoms with van der Waals surface area (Å²) in [4.78, 5) is 0. The highest BCUT2D eigenvalue weighted by Crippen LogP contribution is 2.73. The molecule has 1 aromatic rings. The van der Waals surface area contributed by atoms with Gasteiger partial charge in [0.1, 0.15) is 0 Å². The van der Waals surface area contributed by atoms with E-state index < -0.39 is 0 Å². The van der Waals surface area contributed by atoms with E-state index in [4.69, 9.17) is 10.2 Å². The van der Waals surface area contributed by atoms with Crippen molar-refractivity contribution < 1.29 is 4.42 Å². The molecule has 78 valence electrons. The second kappa shape index (κ2) is 2.57. The van der Waals surface area contributed by atoms with Gasteiger partial charge < -0.3 is 10.2 Å². The summed E-state index contributed by atoms with van der Waals surface area (Å²) in [5.41, 5.74) is 5.91. The molecule has 0 saturated heterocycles. The lowest BCUT2D eigenvalue weighted by atomic mass is 10.0. The van der Waals surface area contributed by atoms with Gasteiger partial charge in [0.05, 0.1) is 6.54 Å². The van der Waals surface area contributed by atoms with Gasteiger partial charge in [0, 0.05) is 5.92 Å². The van der Waals surface area contributed by atoms with E-state index in [0.29, 0.717) is 18.4 Å². The Bertz CT molecular complexity index is 340. The first-order valence-electron chi connectivity index (χ1n) is 4.93. The number of nitrogens with zero attached hydrogens (tertiary/aromatic N) is 2. The van der Waals surface area contributed by atoms with Gasteiger partial charge in [-0.15, -0.1) is 10.2 Å². The first-order valence-corrected chi connectivity index (χ1v) is 4.93. The van der Waals surface area contributed by atoms with Crippen LogP contribution in [0.3, 0.4) is 0 Å². The third-order valence-corrected chi connectivity index (χ3v) is 3.92. The minimum atomic E-state index is 0.241. The standard InChI is InChI=1S/C10H17N3O/c1-9(2)7(10(9,3)4)8-13-12-6(5-11)14-8/h7H,5,11H2,1-4H3. The second-order valence-corrected chi connectivity index (χ2v) is 5.11. The van der Waals surface area contributed by atoms with Crippen molar-refractivity contribution in [3.8, 4) is 0 Å². The predicted octanol–water partition coefficient (Wildman–Crippen LogP) is 1.68. The first kappa shape index (κ1) is 9.65. The molecule has 0 bridgehead atoms. The van der Waals surface area contributed by atoms with Gasteiger partial charge in [-0.1, -0.05) is 27.7 Å². The highest BCUT2D eigenvalue weighted by Gasteiger charge is 2.67. The van der Waals surface area contributed by atoms with Crippen LogP contribution in [0.4, 0.5) is 0 Å². The maximum Gasteiger partial charge on any atom is 0.230 e. The second-order valence-electron chi connectivity index (χ2n) is 5.11. The van der Waals surface area contributed by atoms with Crippen LogP contribution in [0.15, 0.2) is 4.42 Å². The Kier molecular flexibility index (Phi) is 1.77. The van der Waals surface area contributed by atoms with Crippen molar-refractivity contribution >= 4 is 0 Å². The SMILES string of the molecule is CC1(C)C(c2nnc(CN)o2)C1(C)C. The van der Waals surface area contributed by atoms with E-state index in [1.54, 1.807) is 0 Å². The quantitative estimate of drug-likeness (QED) is 0.779. The van der Waals surface area contributed by atoms with E-state index in [9.17, 15) is 0 Å². The van der Waals surface area contributed by atoms with Crippen molar-refractivity contribution in [2.75, 3.05) is 0 Å². The summed E-state index contributed by atoms with van der Waals surface area (Å²) in [5.74, 6) is 1.63. The molecule has 0 amide bonds. The topological polar surface area (TPSA) is 64.9 Å². The molecule has 14 heavy (non-hydrogen) atoms. The van der Waals surface area contributed by atoms with Crippen molar-refractivity contribution in [2.45, 2.75) is 40.2 Å². The lowest BCUT2D eigenvalue weighted by Crippen LogP contribution is -1.95. The molecule has 2 N–H and O–H groups in total. The van der Waals surface area contributed by atoms with Crippen LogP contribution in [0, 0.1) is 10.8 Å². The van der Waals surface area contributed by atoms with Crippen LogP contribution in [0.1, 0.15) is 45.4 Å². The van der Waals surface area contributed by atoms with Gasteiger partial charge in [0.25, 0.3) is 0 Å². The summed E-state index contributed by atoms with van der Waals surface area (Å²) in [6.07, 6.45) is 0. The molecule has 0 spiro atoms. The number of hydrogen-bond acceptors (Lipinski definition) is 4. The number of nitrogens with two attached hydrogens (primary N) is 1. The van der Waals surface area contributed by atoms with E-state index in [0.717, 1.165) is 5.89 Å². The number of aromatic nitrogens is 2. The molecule has 4 nitrogen and oxygen atoms in total. The van der Waals surface area contributed by atoms with E-state index in [1.165, 1.54) is 0 Å². The van der Waals surface area contributed by atoms with Crippen LogP contribution in [0.5, 0.6) is 0 Å². The molecule has 1 aromatic heterocycles. The molecule has 1 aliphatic carbocycles. The molecule has 0 aliphatic heterocycles. The summed E-state index contributed by atoms with van der Waals surface area (Å²) in [5, 5.41) is 7.93. The molecule has 1 heterocycles. The Morgan fingerprint density at radius 1 is 1.21 bits per heavy atom. The Hall–Kier alpha value is -0.900. The van der Waals surface area contributed by atoms with Crippen molar-refractivity contribution in [2.24, 2.45) is 16.6 Å². The van der Waals surface area contributed by atoms with E-state index in [1.807, 2.05) is 0 Å². The molecule has 0 radical (unpaired) electrons. The minimum absolute atomic E-state index is 0.241. The van der Waals surface area contributed by atoms with Crippen LogP contribution in [0.25, 0.3) is 0 Å². The molecule has 1 aliphatic rings. The lowest BCUT2D eigenvalue weighted by molar-refractivity contribution is 0.432. The molecule has 0 aromatic carbocycles. The Balaban J connectivity index is 2.27. The zero-order chi connectivity index (χ0) is 10.6. The van der Waals surface area contributed by atoms with Crippen LogP contribution >= 0.6 is 0 Å². The average Bonchev–Trinajstić information content (AvgIpc) is 2.51. The van der Waals surface area contributed by atoms with Gasteiger partial charge in [-0.3, -0.25) is 0 Å². The van der Waals surface area contributed by atoms with Crippen molar-refractivity contribution in [1.29, 1.82) is 0 Å². The van der Waals surface area contributed by atoms with E-state index in [2.05, 4.69) is 37.9 Å². The first-order chi connectivity index (χ1) is 6.41. The van der Waals surface area contributed by atoms with Crippen LogP contribution in [0.2, 0.25) is 0 Å². The maximum absolute atomic E-state index is 5.48. The lowest BCUT2D eigenvalue weighted by Gasteiger charge is -2.03. The molecule has 1 saturated carbocycles. The summed E-state index contributed by atoms with van der Waals surface area (Å²) in [6, 6.07) is 0. The van der Waals surface area contributed by atoms with Gasteiger partial charge >= 0.3 is 0 Å². The summed E-state index contributed by atoms with van der Waals surface area (Å²) < 4.78 is 5.48. The highest BCUT2D eigenvalue weighted by molar-refractivity contribution is 5.24. The van der Waals surface area contributed by atoms with Gasteiger partial charge in [-0.05, 0) is 10.8 Å². The summed E-state index contributed by atoms with van der Waals surface area (Å²) >= 11 is 0. The Labute approximate surface area is 83.9 Å². The molecular formula is C10H17N3O. The normalized spacial score (nSPS) is 23.8. The van der Waals surface area contributed by atoms with Crippen LogP contribution in [-0.2, 0) is 6.54 Å². The Morgan fingerprint density at radius 2 is 1.79 bits per heavy atom. The molecule has 0 atom stereocenters. The Morgan fingerprint density at radius 3 is 2.14 bits per heavy atom. The molecule has 4 heteroatoms. The summed E-state index contributed by atoms with van der Waals surface area (Å²) in [7, 11) is 0. The van der Waals surface area contributed by atoms with Gasteiger partial charge in [0.2, 0.25) is 11.8 Å². The number of hydrogen-bond donors (Lipinski definition) is 1. The molecular weight excluding hydrogens is 178 g/mol. The minimum Gasteiger partial charge on any atom is -0.424 e. The van der Waals surface area contributed by atoms with Crippen LogP contribution in [-0.4, -0.2) is 10.2 Å². The fourth-order valence-electron chi connectivity index (χ4n) is 2.28. The number of rotatable bonds is 2. The van der Waals surface area contributed by atoms with Gasteiger partial charge in [-0.2, -0.15) is 0 Å². The maximum atomic E-state index is 5.48. The largest absolute Gasteiger partial charge is 0.424 e. The van der Waals surface area contributed by atoms with E-state index in [-0.39, 0.29) is 10.8 Å². The summed E-state index contributed by atoms with van der Waals surface area (Å²) in [6.45, 7) is 9.22. The third-order valence-electron chi connectivity index (χ3n) is 3.92.